The van der Waals surface area contributed by atoms with Crippen molar-refractivity contribution in [3.8, 4) is 0 Å². The zero-order valence-corrected chi connectivity index (χ0v) is 11.9. The molecule has 1 aliphatic rings. The molecule has 0 aliphatic carbocycles. The van der Waals surface area contributed by atoms with Crippen molar-refractivity contribution in [2.24, 2.45) is 5.92 Å². The molecule has 0 bridgehead atoms. The molecule has 0 spiro atoms. The summed E-state index contributed by atoms with van der Waals surface area (Å²) >= 11 is 0. The molecule has 0 saturated carbocycles. The van der Waals surface area contributed by atoms with Crippen LogP contribution in [0.25, 0.3) is 0 Å². The van der Waals surface area contributed by atoms with Gasteiger partial charge in [0.2, 0.25) is 0 Å². The Balaban J connectivity index is 1.91. The number of halogens is 5. The normalized spacial score (nSPS) is 17.9. The Morgan fingerprint density at radius 2 is 1.87 bits per heavy atom. The second-order valence-corrected chi connectivity index (χ2v) is 5.37. The van der Waals surface area contributed by atoms with E-state index in [1.54, 1.807) is 0 Å². The van der Waals surface area contributed by atoms with E-state index < -0.39 is 35.9 Å². The van der Waals surface area contributed by atoms with Crippen LogP contribution < -0.4 is 5.32 Å². The second-order valence-electron chi connectivity index (χ2n) is 5.37. The minimum Gasteiger partial charge on any atom is -0.383 e. The molecular weight excluding hydrogens is 323 g/mol. The summed E-state index contributed by atoms with van der Waals surface area (Å²) in [5, 5.41) is 11.4. The summed E-state index contributed by atoms with van der Waals surface area (Å²) in [7, 11) is 0. The average Bonchev–Trinajstić information content (AvgIpc) is 2.48. The average molecular weight is 338 g/mol. The van der Waals surface area contributed by atoms with Crippen LogP contribution in [-0.4, -0.2) is 41.4 Å². The highest BCUT2D eigenvalue weighted by molar-refractivity contribution is 5.89. The van der Waals surface area contributed by atoms with Crippen molar-refractivity contribution in [1.82, 2.24) is 4.90 Å². The summed E-state index contributed by atoms with van der Waals surface area (Å²) in [4.78, 5) is 13.2. The maximum atomic E-state index is 13.4. The molecule has 23 heavy (non-hydrogen) atoms. The van der Waals surface area contributed by atoms with Crippen LogP contribution in [0.1, 0.15) is 12.8 Å². The van der Waals surface area contributed by atoms with Gasteiger partial charge in [0.1, 0.15) is 11.6 Å². The summed E-state index contributed by atoms with van der Waals surface area (Å²) in [6, 6.07) is 1.96. The number of likely N-dealkylation sites (tertiary alicyclic amines) is 1. The molecule has 0 radical (unpaired) electrons. The number of nitrogens with zero attached hydrogens (tertiary/aromatic N) is 1. The lowest BCUT2D eigenvalue weighted by Gasteiger charge is -2.34. The number of hydrogen-bond acceptors (Lipinski definition) is 2. The molecule has 1 aliphatic heterocycles. The van der Waals surface area contributed by atoms with E-state index in [0.29, 0.717) is 6.07 Å². The maximum absolute atomic E-state index is 13.4. The Hall–Kier alpha value is -1.90. The van der Waals surface area contributed by atoms with Gasteiger partial charge < -0.3 is 15.3 Å². The van der Waals surface area contributed by atoms with E-state index in [4.69, 9.17) is 0 Å². The van der Waals surface area contributed by atoms with Gasteiger partial charge in [-0.1, -0.05) is 0 Å². The maximum Gasteiger partial charge on any atom is 0.414 e. The standard InChI is InChI=1S/C14H15F5N2O2/c15-9-1-2-11(10(16)7-9)20-13(23)21-5-3-8(4-6-21)12(22)14(17,18)19/h1-2,7-8,12,22H,3-6H2,(H,20,23). The van der Waals surface area contributed by atoms with Crippen molar-refractivity contribution in [2.75, 3.05) is 18.4 Å². The Labute approximate surface area is 128 Å². The molecule has 128 valence electrons. The number of amides is 2. The first-order valence-electron chi connectivity index (χ1n) is 6.94. The monoisotopic (exact) mass is 338 g/mol. The second kappa shape index (κ2) is 6.69. The van der Waals surface area contributed by atoms with Gasteiger partial charge in [0.05, 0.1) is 5.69 Å². The van der Waals surface area contributed by atoms with Crippen molar-refractivity contribution < 1.29 is 31.9 Å². The van der Waals surface area contributed by atoms with Gasteiger partial charge in [0.15, 0.2) is 6.10 Å². The molecule has 2 N–H and O–H groups in total. The van der Waals surface area contributed by atoms with Gasteiger partial charge in [-0.05, 0) is 30.9 Å². The van der Waals surface area contributed by atoms with Gasteiger partial charge in [0, 0.05) is 19.2 Å². The first-order chi connectivity index (χ1) is 10.7. The predicted molar refractivity (Wildman–Crippen MR) is 71.7 cm³/mol. The molecule has 0 aromatic heterocycles. The third kappa shape index (κ3) is 4.31. The summed E-state index contributed by atoms with van der Waals surface area (Å²) in [5.41, 5.74) is -0.214. The van der Waals surface area contributed by atoms with Crippen molar-refractivity contribution in [2.45, 2.75) is 25.1 Å². The molecule has 2 rings (SSSR count). The van der Waals surface area contributed by atoms with E-state index in [-0.39, 0.29) is 31.6 Å². The van der Waals surface area contributed by atoms with Crippen LogP contribution in [0.4, 0.5) is 32.4 Å². The van der Waals surface area contributed by atoms with Crippen molar-refractivity contribution in [3.05, 3.63) is 29.8 Å². The first kappa shape index (κ1) is 17.5. The fourth-order valence-corrected chi connectivity index (χ4v) is 2.47. The molecule has 1 heterocycles. The van der Waals surface area contributed by atoms with E-state index >= 15 is 0 Å². The number of piperidine rings is 1. The minimum absolute atomic E-state index is 0.00640. The molecule has 2 amide bonds. The Morgan fingerprint density at radius 3 is 2.39 bits per heavy atom. The SMILES string of the molecule is O=C(Nc1ccc(F)cc1F)N1CCC(C(O)C(F)(F)F)CC1. The summed E-state index contributed by atoms with van der Waals surface area (Å²) in [6.07, 6.45) is -7.13. The molecule has 1 unspecified atom stereocenters. The van der Waals surface area contributed by atoms with Gasteiger partial charge in [0.25, 0.3) is 0 Å². The molecule has 1 atom stereocenters. The first-order valence-corrected chi connectivity index (χ1v) is 6.94. The number of carbonyl (C=O) groups is 1. The summed E-state index contributed by atoms with van der Waals surface area (Å²) in [5.74, 6) is -2.70. The molecule has 1 saturated heterocycles. The lowest BCUT2D eigenvalue weighted by molar-refractivity contribution is -0.222. The molecule has 9 heteroatoms. The van der Waals surface area contributed by atoms with E-state index in [0.717, 1.165) is 12.1 Å². The smallest absolute Gasteiger partial charge is 0.383 e. The highest BCUT2D eigenvalue weighted by atomic mass is 19.4. The topological polar surface area (TPSA) is 52.6 Å². The number of urea groups is 1. The Morgan fingerprint density at radius 1 is 1.26 bits per heavy atom. The largest absolute Gasteiger partial charge is 0.414 e. The summed E-state index contributed by atoms with van der Waals surface area (Å²) < 4.78 is 63.5. The Kier molecular flexibility index (Phi) is 5.08. The van der Waals surface area contributed by atoms with Gasteiger partial charge in [-0.15, -0.1) is 0 Å². The van der Waals surface area contributed by atoms with E-state index in [1.165, 1.54) is 4.90 Å². The van der Waals surface area contributed by atoms with Crippen LogP contribution in [0.2, 0.25) is 0 Å². The number of rotatable bonds is 2. The zero-order chi connectivity index (χ0) is 17.2. The number of alkyl halides is 3. The number of carbonyl (C=O) groups excluding carboxylic acids is 1. The molecular formula is C14H15F5N2O2. The van der Waals surface area contributed by atoms with Gasteiger partial charge in [-0.3, -0.25) is 0 Å². The third-order valence-corrected chi connectivity index (χ3v) is 3.78. The fourth-order valence-electron chi connectivity index (χ4n) is 2.47. The number of anilines is 1. The van der Waals surface area contributed by atoms with E-state index in [1.807, 2.05) is 0 Å². The predicted octanol–water partition coefficient (Wildman–Crippen LogP) is 3.13. The molecule has 1 aromatic carbocycles. The highest BCUT2D eigenvalue weighted by Crippen LogP contribution is 2.31. The van der Waals surface area contributed by atoms with Gasteiger partial charge >= 0.3 is 12.2 Å². The van der Waals surface area contributed by atoms with Crippen LogP contribution in [0.5, 0.6) is 0 Å². The van der Waals surface area contributed by atoms with E-state index in [2.05, 4.69) is 5.32 Å². The van der Waals surface area contributed by atoms with Crippen molar-refractivity contribution in [3.63, 3.8) is 0 Å². The van der Waals surface area contributed by atoms with Crippen LogP contribution in [0.15, 0.2) is 18.2 Å². The quantitative estimate of drug-likeness (QED) is 0.814. The van der Waals surface area contributed by atoms with Gasteiger partial charge in [-0.25, -0.2) is 13.6 Å². The molecule has 1 aromatic rings. The number of hydrogen-bond donors (Lipinski definition) is 2. The van der Waals surface area contributed by atoms with Crippen LogP contribution >= 0.6 is 0 Å². The van der Waals surface area contributed by atoms with E-state index in [9.17, 15) is 31.9 Å². The number of benzene rings is 1. The minimum atomic E-state index is -4.69. The van der Waals surface area contributed by atoms with Crippen molar-refractivity contribution in [1.29, 1.82) is 0 Å². The van der Waals surface area contributed by atoms with Crippen molar-refractivity contribution >= 4 is 11.7 Å². The van der Waals surface area contributed by atoms with Crippen LogP contribution in [0, 0.1) is 17.6 Å². The number of aliphatic hydroxyl groups excluding tert-OH is 1. The van der Waals surface area contributed by atoms with Crippen LogP contribution in [-0.2, 0) is 0 Å². The third-order valence-electron chi connectivity index (χ3n) is 3.78. The van der Waals surface area contributed by atoms with Gasteiger partial charge in [-0.2, -0.15) is 13.2 Å². The Bertz CT molecular complexity index is 571. The molecule has 4 nitrogen and oxygen atoms in total. The fraction of sp³-hybridized carbons (Fsp3) is 0.500. The highest BCUT2D eigenvalue weighted by Gasteiger charge is 2.44. The lowest BCUT2D eigenvalue weighted by Crippen LogP contribution is -2.46. The van der Waals surface area contributed by atoms with Crippen LogP contribution in [0.3, 0.4) is 0 Å². The summed E-state index contributed by atoms with van der Waals surface area (Å²) in [6.45, 7) is 0.0128. The lowest BCUT2D eigenvalue weighted by atomic mass is 9.91. The number of aliphatic hydroxyl groups is 1. The number of nitrogens with one attached hydrogen (secondary N) is 1. The molecule has 1 fully saturated rings. The zero-order valence-electron chi connectivity index (χ0n) is 11.9.